The van der Waals surface area contributed by atoms with Gasteiger partial charge >= 0.3 is 5.97 Å². The number of sulfone groups is 1. The maximum absolute atomic E-state index is 13.7. The molecular formula is C35H48N2O7S2. The molecule has 2 fully saturated rings. The predicted molar refractivity (Wildman–Crippen MR) is 183 cm³/mol. The number of hydrogen-bond acceptors (Lipinski definition) is 8. The Bertz CT molecular complexity index is 1440. The van der Waals surface area contributed by atoms with Gasteiger partial charge in [-0.25, -0.2) is 8.42 Å². The number of aryl methyl sites for hydroxylation is 1. The highest BCUT2D eigenvalue weighted by Crippen LogP contribution is 2.31. The average Bonchev–Trinajstić information content (AvgIpc) is 3.05. The van der Waals surface area contributed by atoms with Gasteiger partial charge < -0.3 is 19.7 Å². The van der Waals surface area contributed by atoms with Gasteiger partial charge in [-0.2, -0.15) is 11.8 Å². The van der Waals surface area contributed by atoms with Crippen molar-refractivity contribution < 1.29 is 32.3 Å². The molecule has 0 spiro atoms. The highest BCUT2D eigenvalue weighted by atomic mass is 32.2. The lowest BCUT2D eigenvalue weighted by molar-refractivity contribution is -0.146. The second-order valence-electron chi connectivity index (χ2n) is 12.4. The monoisotopic (exact) mass is 672 g/mol. The van der Waals surface area contributed by atoms with Gasteiger partial charge in [0.1, 0.15) is 6.10 Å². The summed E-state index contributed by atoms with van der Waals surface area (Å²) in [6, 6.07) is 13.1. The lowest BCUT2D eigenvalue weighted by Gasteiger charge is -2.32. The Morgan fingerprint density at radius 2 is 1.74 bits per heavy atom. The number of nitrogens with one attached hydrogen (secondary N) is 1. The molecule has 9 nitrogen and oxygen atoms in total. The zero-order valence-electron chi connectivity index (χ0n) is 27.3. The van der Waals surface area contributed by atoms with Gasteiger partial charge in [0.05, 0.1) is 31.6 Å². The van der Waals surface area contributed by atoms with E-state index in [1.165, 1.54) is 13.5 Å². The molecule has 0 unspecified atom stereocenters. The molecular weight excluding hydrogens is 625 g/mol. The van der Waals surface area contributed by atoms with E-state index in [1.54, 1.807) is 22.7 Å². The highest BCUT2D eigenvalue weighted by molar-refractivity contribution is 7.98. The quantitative estimate of drug-likeness (QED) is 0.273. The molecule has 0 radical (unpaired) electrons. The number of nitrogens with zero attached hydrogens (tertiary/aromatic N) is 1. The highest BCUT2D eigenvalue weighted by Gasteiger charge is 2.32. The zero-order valence-corrected chi connectivity index (χ0v) is 28.9. The Morgan fingerprint density at radius 1 is 1.02 bits per heavy atom. The van der Waals surface area contributed by atoms with Crippen LogP contribution in [0.5, 0.6) is 0 Å². The van der Waals surface area contributed by atoms with Crippen LogP contribution in [0.4, 0.5) is 0 Å². The molecule has 2 aromatic rings. The standard InChI is InChI=1S/C35H48N2O7S2/c1-25-9-7-8-12-29(25)31-21-27(13-14-30(31)34(39)36-28(15-18-45-3)23-33(38)43-2)24-44-32(22-26-10-5-4-6-11-26)35(40)37-16-19-46(41,42)20-17-37/h7-9,12-14,21,26,28,32H,4-6,10-11,15-20,22-24H2,1-3H3,(H,36,39)/t28-,32-/m0/s1. The summed E-state index contributed by atoms with van der Waals surface area (Å²) >= 11 is 1.65. The number of ether oxygens (including phenoxy) is 2. The largest absolute Gasteiger partial charge is 0.469 e. The fourth-order valence-corrected chi connectivity index (χ4v) is 8.03. The minimum absolute atomic E-state index is 0.0179. The molecule has 252 valence electrons. The van der Waals surface area contributed by atoms with Gasteiger partial charge in [0.15, 0.2) is 9.84 Å². The van der Waals surface area contributed by atoms with E-state index in [0.29, 0.717) is 24.3 Å². The van der Waals surface area contributed by atoms with E-state index in [4.69, 9.17) is 9.47 Å². The van der Waals surface area contributed by atoms with Crippen molar-refractivity contribution in [1.82, 2.24) is 10.2 Å². The number of hydrogen-bond donors (Lipinski definition) is 1. The second-order valence-corrected chi connectivity index (χ2v) is 15.7. The van der Waals surface area contributed by atoms with Crippen LogP contribution in [0.3, 0.4) is 0 Å². The first kappa shape index (κ1) is 36.0. The van der Waals surface area contributed by atoms with E-state index < -0.39 is 15.9 Å². The summed E-state index contributed by atoms with van der Waals surface area (Å²) in [6.45, 7) is 2.56. The summed E-state index contributed by atoms with van der Waals surface area (Å²) in [5.74, 6) is 0.363. The van der Waals surface area contributed by atoms with Crippen LogP contribution in [0.2, 0.25) is 0 Å². The van der Waals surface area contributed by atoms with Crippen molar-refractivity contribution in [3.05, 3.63) is 59.2 Å². The van der Waals surface area contributed by atoms with Crippen LogP contribution in [-0.4, -0.2) is 87.0 Å². The topological polar surface area (TPSA) is 119 Å². The minimum Gasteiger partial charge on any atom is -0.469 e. The number of amides is 2. The molecule has 46 heavy (non-hydrogen) atoms. The summed E-state index contributed by atoms with van der Waals surface area (Å²) in [7, 11) is -1.77. The molecule has 11 heteroatoms. The maximum atomic E-state index is 13.7. The first-order valence-electron chi connectivity index (χ1n) is 16.3. The number of methoxy groups -OCH3 is 1. The molecule has 0 bridgehead atoms. The van der Waals surface area contributed by atoms with Gasteiger partial charge in [-0.15, -0.1) is 0 Å². The van der Waals surface area contributed by atoms with Crippen LogP contribution in [0.15, 0.2) is 42.5 Å². The molecule has 4 rings (SSSR count). The van der Waals surface area contributed by atoms with Gasteiger partial charge in [0, 0.05) is 24.7 Å². The van der Waals surface area contributed by atoms with Crippen LogP contribution < -0.4 is 5.32 Å². The minimum atomic E-state index is -3.11. The second kappa shape index (κ2) is 17.3. The van der Waals surface area contributed by atoms with Crippen molar-refractivity contribution in [3.8, 4) is 11.1 Å². The number of carbonyl (C=O) groups is 3. The third-order valence-electron chi connectivity index (χ3n) is 9.07. The lowest BCUT2D eigenvalue weighted by Crippen LogP contribution is -2.48. The van der Waals surface area contributed by atoms with E-state index in [0.717, 1.165) is 53.7 Å². The molecule has 2 atom stereocenters. The van der Waals surface area contributed by atoms with E-state index in [2.05, 4.69) is 5.32 Å². The Hall–Kier alpha value is -2.89. The maximum Gasteiger partial charge on any atom is 0.307 e. The molecule has 2 aromatic carbocycles. The molecule has 0 aromatic heterocycles. The molecule has 2 amide bonds. The molecule has 1 aliphatic carbocycles. The van der Waals surface area contributed by atoms with E-state index >= 15 is 0 Å². The summed E-state index contributed by atoms with van der Waals surface area (Å²) in [6.07, 6.45) is 8.30. The summed E-state index contributed by atoms with van der Waals surface area (Å²) in [4.78, 5) is 41.1. The SMILES string of the molecule is COC(=O)C[C@H](CCSC)NC(=O)c1ccc(CO[C@@H](CC2CCCCC2)C(=O)N2CCS(=O)(=O)CC2)cc1-c1ccccc1C. The normalized spacial score (nSPS) is 18.0. The van der Waals surface area contributed by atoms with Gasteiger partial charge in [-0.05, 0) is 72.1 Å². The van der Waals surface area contributed by atoms with Crippen LogP contribution >= 0.6 is 11.8 Å². The smallest absolute Gasteiger partial charge is 0.307 e. The van der Waals surface area contributed by atoms with Crippen LogP contribution in [0.25, 0.3) is 11.1 Å². The number of rotatable bonds is 14. The molecule has 1 N–H and O–H groups in total. The van der Waals surface area contributed by atoms with Crippen molar-refractivity contribution in [1.29, 1.82) is 0 Å². The molecule has 2 aliphatic rings. The Morgan fingerprint density at radius 3 is 2.41 bits per heavy atom. The number of benzene rings is 2. The van der Waals surface area contributed by atoms with Gasteiger partial charge in [-0.3, -0.25) is 14.4 Å². The number of thioether (sulfide) groups is 1. The first-order chi connectivity index (χ1) is 22.1. The molecule has 1 aliphatic heterocycles. The first-order valence-corrected chi connectivity index (χ1v) is 19.5. The summed E-state index contributed by atoms with van der Waals surface area (Å²) in [5, 5.41) is 3.06. The van der Waals surface area contributed by atoms with E-state index in [9.17, 15) is 22.8 Å². The molecule has 1 heterocycles. The van der Waals surface area contributed by atoms with Crippen molar-refractivity contribution in [2.45, 2.75) is 77.0 Å². The third-order valence-corrected chi connectivity index (χ3v) is 11.3. The Balaban J connectivity index is 1.57. The van der Waals surface area contributed by atoms with Crippen molar-refractivity contribution in [3.63, 3.8) is 0 Å². The van der Waals surface area contributed by atoms with Crippen molar-refractivity contribution in [2.75, 3.05) is 43.7 Å². The van der Waals surface area contributed by atoms with Gasteiger partial charge in [0.25, 0.3) is 11.8 Å². The molecule has 1 saturated heterocycles. The fourth-order valence-electron chi connectivity index (χ4n) is 6.31. The van der Waals surface area contributed by atoms with Gasteiger partial charge in [0.2, 0.25) is 0 Å². The lowest BCUT2D eigenvalue weighted by atomic mass is 9.85. The summed E-state index contributed by atoms with van der Waals surface area (Å²) < 4.78 is 35.3. The van der Waals surface area contributed by atoms with Crippen molar-refractivity contribution >= 4 is 39.4 Å². The van der Waals surface area contributed by atoms with Crippen LogP contribution in [0, 0.1) is 12.8 Å². The fraction of sp³-hybridized carbons (Fsp3) is 0.571. The molecule has 1 saturated carbocycles. The Labute approximate surface area is 278 Å². The van der Waals surface area contributed by atoms with Crippen LogP contribution in [0.1, 0.15) is 72.9 Å². The van der Waals surface area contributed by atoms with E-state index in [1.807, 2.05) is 49.6 Å². The third kappa shape index (κ3) is 10.3. The average molecular weight is 673 g/mol. The van der Waals surface area contributed by atoms with Crippen molar-refractivity contribution in [2.24, 2.45) is 5.92 Å². The van der Waals surface area contributed by atoms with Gasteiger partial charge in [-0.1, -0.05) is 62.4 Å². The summed E-state index contributed by atoms with van der Waals surface area (Å²) in [5.41, 5.74) is 3.98. The number of carbonyl (C=O) groups excluding carboxylic acids is 3. The van der Waals surface area contributed by atoms with E-state index in [-0.39, 0.29) is 61.4 Å². The zero-order chi connectivity index (χ0) is 33.1. The Kier molecular flexibility index (Phi) is 13.5. The van der Waals surface area contributed by atoms with Crippen LogP contribution in [-0.2, 0) is 35.5 Å². The number of esters is 1. The predicted octanol–water partition coefficient (Wildman–Crippen LogP) is 5.19.